The molecule has 2 heterocycles. The lowest BCUT2D eigenvalue weighted by Crippen LogP contribution is -2.39. The van der Waals surface area contributed by atoms with Crippen LogP contribution in [0.15, 0.2) is 81.7 Å². The normalized spacial score (nSPS) is 14.8. The molecule has 4 aromatic rings. The van der Waals surface area contributed by atoms with E-state index < -0.39 is 23.6 Å². The summed E-state index contributed by atoms with van der Waals surface area (Å²) in [4.78, 5) is 31.8. The van der Waals surface area contributed by atoms with Gasteiger partial charge in [-0.1, -0.05) is 29.5 Å². The fraction of sp³-hybridized carbons (Fsp3) is 0.194. The second-order valence-electron chi connectivity index (χ2n) is 9.33. The number of carbonyl (C=O) groups is 1. The van der Waals surface area contributed by atoms with Gasteiger partial charge in [-0.15, -0.1) is 0 Å². The number of fused-ring (bicyclic) bond motifs is 1. The molecule has 0 saturated heterocycles. The number of hydrogen-bond donors (Lipinski definition) is 1. The SMILES string of the molecule is CCOC(=O)C1=C(C)N=c2sc(=Cc3ccc(OC)c(COc4ccc(F)cc4F)c3)c(=O)n2[C@@H]1c1ccc(O)cc1. The average molecular weight is 593 g/mol. The van der Waals surface area contributed by atoms with Gasteiger partial charge in [-0.3, -0.25) is 9.36 Å². The Hall–Kier alpha value is -4.77. The van der Waals surface area contributed by atoms with Crippen molar-refractivity contribution in [1.82, 2.24) is 4.57 Å². The Bertz CT molecular complexity index is 1880. The van der Waals surface area contributed by atoms with Gasteiger partial charge in [0.25, 0.3) is 5.56 Å². The number of thiazole rings is 1. The molecule has 0 fully saturated rings. The van der Waals surface area contributed by atoms with Gasteiger partial charge in [-0.25, -0.2) is 18.6 Å². The van der Waals surface area contributed by atoms with Crippen molar-refractivity contribution in [1.29, 1.82) is 0 Å². The summed E-state index contributed by atoms with van der Waals surface area (Å²) in [6.45, 7) is 3.47. The minimum Gasteiger partial charge on any atom is -0.508 e. The minimum atomic E-state index is -0.827. The lowest BCUT2D eigenvalue weighted by molar-refractivity contribution is -0.139. The zero-order chi connectivity index (χ0) is 30.0. The van der Waals surface area contributed by atoms with Gasteiger partial charge in [-0.05, 0) is 67.4 Å². The van der Waals surface area contributed by atoms with Crippen LogP contribution >= 0.6 is 11.3 Å². The highest BCUT2D eigenvalue weighted by molar-refractivity contribution is 7.07. The highest BCUT2D eigenvalue weighted by Gasteiger charge is 2.33. The molecule has 1 atom stereocenters. The van der Waals surface area contributed by atoms with Crippen molar-refractivity contribution in [2.24, 2.45) is 4.99 Å². The molecule has 0 bridgehead atoms. The monoisotopic (exact) mass is 592 g/mol. The van der Waals surface area contributed by atoms with Crippen molar-refractivity contribution in [3.8, 4) is 17.2 Å². The summed E-state index contributed by atoms with van der Waals surface area (Å²) < 4.78 is 45.5. The van der Waals surface area contributed by atoms with E-state index in [0.717, 1.165) is 23.5 Å². The number of hydrogen-bond acceptors (Lipinski definition) is 8. The van der Waals surface area contributed by atoms with E-state index in [-0.39, 0.29) is 35.8 Å². The first-order valence-electron chi connectivity index (χ1n) is 12.9. The average Bonchev–Trinajstić information content (AvgIpc) is 3.26. The number of aromatic nitrogens is 1. The molecule has 5 rings (SSSR count). The third-order valence-corrected chi connectivity index (χ3v) is 7.59. The van der Waals surface area contributed by atoms with Crippen molar-refractivity contribution in [3.63, 3.8) is 0 Å². The molecule has 0 unspecified atom stereocenters. The lowest BCUT2D eigenvalue weighted by Gasteiger charge is -2.24. The number of carbonyl (C=O) groups excluding carboxylic acids is 1. The zero-order valence-corrected chi connectivity index (χ0v) is 23.7. The van der Waals surface area contributed by atoms with Crippen LogP contribution in [0.4, 0.5) is 8.78 Å². The number of benzene rings is 3. The van der Waals surface area contributed by atoms with E-state index in [0.29, 0.717) is 37.5 Å². The summed E-state index contributed by atoms with van der Waals surface area (Å²) >= 11 is 1.16. The summed E-state index contributed by atoms with van der Waals surface area (Å²) in [6, 6.07) is 13.7. The molecule has 0 amide bonds. The number of esters is 1. The largest absolute Gasteiger partial charge is 0.508 e. The molecule has 1 aromatic heterocycles. The molecule has 0 saturated carbocycles. The Labute approximate surface area is 243 Å². The predicted octanol–water partition coefficient (Wildman–Crippen LogP) is 4.37. The van der Waals surface area contributed by atoms with E-state index in [4.69, 9.17) is 14.2 Å². The number of halogens is 2. The van der Waals surface area contributed by atoms with Crippen molar-refractivity contribution in [2.45, 2.75) is 26.5 Å². The number of ether oxygens (including phenoxy) is 3. The Morgan fingerprint density at radius 3 is 2.52 bits per heavy atom. The van der Waals surface area contributed by atoms with Crippen LogP contribution in [0.1, 0.15) is 36.6 Å². The standard InChI is InChI=1S/C31H26F2N2O6S/c1-4-40-30(38)27-17(2)34-31-35(28(27)19-6-9-22(36)10-7-19)29(37)26(42-31)14-18-5-11-24(39-3)20(13-18)16-41-25-12-8-21(32)15-23(25)33/h5-15,28,36H,4,16H2,1-3H3/t28-/m1/s1. The van der Waals surface area contributed by atoms with Crippen LogP contribution in [-0.2, 0) is 16.1 Å². The van der Waals surface area contributed by atoms with Gasteiger partial charge in [0, 0.05) is 11.6 Å². The van der Waals surface area contributed by atoms with Crippen LogP contribution in [0.3, 0.4) is 0 Å². The van der Waals surface area contributed by atoms with Crippen LogP contribution in [0.2, 0.25) is 0 Å². The molecular weight excluding hydrogens is 566 g/mol. The lowest BCUT2D eigenvalue weighted by atomic mass is 9.96. The van der Waals surface area contributed by atoms with Crippen molar-refractivity contribution < 1.29 is 32.9 Å². The Balaban J connectivity index is 1.57. The molecule has 1 N–H and O–H groups in total. The quantitative estimate of drug-likeness (QED) is 0.305. The van der Waals surface area contributed by atoms with E-state index in [1.807, 2.05) is 0 Å². The number of phenolic OH excluding ortho intramolecular Hbond substituents is 1. The fourth-order valence-corrected chi connectivity index (χ4v) is 5.71. The van der Waals surface area contributed by atoms with E-state index in [2.05, 4.69) is 4.99 Å². The summed E-state index contributed by atoms with van der Waals surface area (Å²) in [5.74, 6) is -1.70. The Morgan fingerprint density at radius 1 is 1.10 bits per heavy atom. The van der Waals surface area contributed by atoms with E-state index in [1.165, 1.54) is 29.9 Å². The summed E-state index contributed by atoms with van der Waals surface area (Å²) in [5.41, 5.74) is 2.12. The van der Waals surface area contributed by atoms with Crippen LogP contribution < -0.4 is 24.4 Å². The third kappa shape index (κ3) is 5.68. The molecule has 8 nitrogen and oxygen atoms in total. The molecule has 1 aliphatic heterocycles. The van der Waals surface area contributed by atoms with Crippen LogP contribution in [-0.4, -0.2) is 29.4 Å². The second kappa shape index (κ2) is 12.0. The molecule has 11 heteroatoms. The number of methoxy groups -OCH3 is 1. The van der Waals surface area contributed by atoms with Crippen molar-refractivity contribution in [2.75, 3.05) is 13.7 Å². The van der Waals surface area contributed by atoms with Gasteiger partial charge in [0.2, 0.25) is 0 Å². The van der Waals surface area contributed by atoms with Gasteiger partial charge in [0.15, 0.2) is 16.4 Å². The molecular formula is C31H26F2N2O6S. The predicted molar refractivity (Wildman–Crippen MR) is 152 cm³/mol. The third-order valence-electron chi connectivity index (χ3n) is 6.61. The summed E-state index contributed by atoms with van der Waals surface area (Å²) in [5, 5.41) is 9.83. The van der Waals surface area contributed by atoms with Gasteiger partial charge in [0.1, 0.15) is 23.9 Å². The molecule has 0 radical (unpaired) electrons. The van der Waals surface area contributed by atoms with Crippen molar-refractivity contribution in [3.05, 3.63) is 120 Å². The Morgan fingerprint density at radius 2 is 1.83 bits per heavy atom. The molecule has 1 aliphatic rings. The summed E-state index contributed by atoms with van der Waals surface area (Å²) in [7, 11) is 1.49. The second-order valence-corrected chi connectivity index (χ2v) is 10.3. The first-order valence-corrected chi connectivity index (χ1v) is 13.7. The number of rotatable bonds is 8. The molecule has 0 aliphatic carbocycles. The van der Waals surface area contributed by atoms with E-state index >= 15 is 0 Å². The summed E-state index contributed by atoms with van der Waals surface area (Å²) in [6.07, 6.45) is 1.68. The maximum Gasteiger partial charge on any atom is 0.338 e. The zero-order valence-electron chi connectivity index (χ0n) is 22.9. The smallest absolute Gasteiger partial charge is 0.338 e. The van der Waals surface area contributed by atoms with Gasteiger partial charge < -0.3 is 19.3 Å². The van der Waals surface area contributed by atoms with E-state index in [9.17, 15) is 23.5 Å². The Kier molecular flexibility index (Phi) is 8.21. The van der Waals surface area contributed by atoms with Crippen molar-refractivity contribution >= 4 is 23.4 Å². The maximum absolute atomic E-state index is 14.1. The first-order chi connectivity index (χ1) is 20.2. The van der Waals surface area contributed by atoms with Gasteiger partial charge in [-0.2, -0.15) is 0 Å². The molecule has 3 aromatic carbocycles. The first kappa shape index (κ1) is 28.7. The van der Waals surface area contributed by atoms with Crippen LogP contribution in [0, 0.1) is 11.6 Å². The molecule has 216 valence electrons. The number of allylic oxidation sites excluding steroid dienone is 1. The maximum atomic E-state index is 14.1. The molecule has 42 heavy (non-hydrogen) atoms. The molecule has 0 spiro atoms. The highest BCUT2D eigenvalue weighted by atomic mass is 32.1. The number of phenols is 1. The van der Waals surface area contributed by atoms with Crippen LogP contribution in [0.25, 0.3) is 6.08 Å². The number of aromatic hydroxyl groups is 1. The van der Waals surface area contributed by atoms with E-state index in [1.54, 1.807) is 50.3 Å². The van der Waals surface area contributed by atoms with Gasteiger partial charge >= 0.3 is 5.97 Å². The minimum absolute atomic E-state index is 0.0472. The van der Waals surface area contributed by atoms with Gasteiger partial charge in [0.05, 0.1) is 35.6 Å². The topological polar surface area (TPSA) is 99.4 Å². The fourth-order valence-electron chi connectivity index (χ4n) is 4.66. The number of nitrogens with zero attached hydrogens (tertiary/aromatic N) is 2. The van der Waals surface area contributed by atoms with Crippen LogP contribution in [0.5, 0.6) is 17.2 Å². The highest BCUT2D eigenvalue weighted by Crippen LogP contribution is 2.31.